The van der Waals surface area contributed by atoms with Crippen molar-refractivity contribution in [1.82, 2.24) is 5.32 Å². The van der Waals surface area contributed by atoms with E-state index in [9.17, 15) is 13.6 Å². The minimum absolute atomic E-state index is 0.113. The Morgan fingerprint density at radius 3 is 2.47 bits per heavy atom. The van der Waals surface area contributed by atoms with E-state index in [0.717, 1.165) is 0 Å². The molecule has 1 aromatic rings. The SMILES string of the molecule is C[C@@H](CN)NC(=O)c1ccc(SC(F)F)cc1. The topological polar surface area (TPSA) is 55.1 Å². The van der Waals surface area contributed by atoms with Crippen LogP contribution in [0.15, 0.2) is 29.2 Å². The first-order valence-electron chi connectivity index (χ1n) is 5.08. The van der Waals surface area contributed by atoms with E-state index in [1.807, 2.05) is 0 Å². The Bertz CT molecular complexity index is 370. The van der Waals surface area contributed by atoms with Gasteiger partial charge in [0.1, 0.15) is 0 Å². The molecule has 0 heterocycles. The third kappa shape index (κ3) is 4.70. The first-order valence-corrected chi connectivity index (χ1v) is 5.96. The Hall–Kier alpha value is -1.14. The maximum Gasteiger partial charge on any atom is 0.288 e. The summed E-state index contributed by atoms with van der Waals surface area (Å²) >= 11 is 0.452. The monoisotopic (exact) mass is 260 g/mol. The summed E-state index contributed by atoms with van der Waals surface area (Å²) in [6, 6.07) is 5.92. The highest BCUT2D eigenvalue weighted by Gasteiger charge is 2.09. The number of benzene rings is 1. The highest BCUT2D eigenvalue weighted by Crippen LogP contribution is 2.25. The van der Waals surface area contributed by atoms with E-state index >= 15 is 0 Å². The second-order valence-electron chi connectivity index (χ2n) is 3.51. The lowest BCUT2D eigenvalue weighted by atomic mass is 10.2. The van der Waals surface area contributed by atoms with Crippen LogP contribution in [0.5, 0.6) is 0 Å². The van der Waals surface area contributed by atoms with Crippen molar-refractivity contribution in [3.8, 4) is 0 Å². The van der Waals surface area contributed by atoms with Gasteiger partial charge in [-0.2, -0.15) is 8.78 Å². The highest BCUT2D eigenvalue weighted by atomic mass is 32.2. The molecule has 0 aliphatic carbocycles. The van der Waals surface area contributed by atoms with Gasteiger partial charge in [0.2, 0.25) is 0 Å². The van der Waals surface area contributed by atoms with Crippen molar-refractivity contribution in [3.05, 3.63) is 29.8 Å². The summed E-state index contributed by atoms with van der Waals surface area (Å²) < 4.78 is 24.1. The Labute approximate surface area is 103 Å². The largest absolute Gasteiger partial charge is 0.348 e. The van der Waals surface area contributed by atoms with Crippen LogP contribution >= 0.6 is 11.8 Å². The van der Waals surface area contributed by atoms with Gasteiger partial charge >= 0.3 is 0 Å². The average molecular weight is 260 g/mol. The molecule has 0 aromatic heterocycles. The average Bonchev–Trinajstić information content (AvgIpc) is 2.28. The van der Waals surface area contributed by atoms with Crippen LogP contribution in [0.2, 0.25) is 0 Å². The lowest BCUT2D eigenvalue weighted by Gasteiger charge is -2.11. The number of carbonyl (C=O) groups is 1. The Morgan fingerprint density at radius 1 is 1.41 bits per heavy atom. The van der Waals surface area contributed by atoms with E-state index in [1.165, 1.54) is 24.3 Å². The molecule has 0 unspecified atom stereocenters. The molecule has 6 heteroatoms. The van der Waals surface area contributed by atoms with Crippen molar-refractivity contribution in [1.29, 1.82) is 0 Å². The predicted octanol–water partition coefficient (Wildman–Crippen LogP) is 2.08. The number of hydrogen-bond acceptors (Lipinski definition) is 3. The summed E-state index contributed by atoms with van der Waals surface area (Å²) in [6.45, 7) is 2.14. The molecule has 1 atom stereocenters. The molecule has 0 spiro atoms. The Balaban J connectivity index is 2.64. The lowest BCUT2D eigenvalue weighted by molar-refractivity contribution is 0.0941. The Kier molecular flexibility index (Phi) is 5.37. The quantitative estimate of drug-likeness (QED) is 0.797. The minimum atomic E-state index is -2.45. The summed E-state index contributed by atoms with van der Waals surface area (Å²) in [5.74, 6) is -2.71. The molecule has 94 valence electrons. The van der Waals surface area contributed by atoms with Gasteiger partial charge in [-0.1, -0.05) is 11.8 Å². The molecule has 3 nitrogen and oxygen atoms in total. The third-order valence-corrected chi connectivity index (χ3v) is 2.80. The smallest absolute Gasteiger partial charge is 0.288 e. The van der Waals surface area contributed by atoms with Crippen LogP contribution in [0.25, 0.3) is 0 Å². The van der Waals surface area contributed by atoms with Crippen LogP contribution in [0, 0.1) is 0 Å². The minimum Gasteiger partial charge on any atom is -0.348 e. The van der Waals surface area contributed by atoms with E-state index in [1.54, 1.807) is 6.92 Å². The fourth-order valence-electron chi connectivity index (χ4n) is 1.15. The first kappa shape index (κ1) is 13.9. The molecule has 0 radical (unpaired) electrons. The molecule has 0 aliphatic heterocycles. The van der Waals surface area contributed by atoms with Crippen molar-refractivity contribution in [2.24, 2.45) is 5.73 Å². The molecule has 1 aromatic carbocycles. The van der Waals surface area contributed by atoms with Crippen LogP contribution < -0.4 is 11.1 Å². The van der Waals surface area contributed by atoms with Crippen molar-refractivity contribution >= 4 is 17.7 Å². The van der Waals surface area contributed by atoms with E-state index in [2.05, 4.69) is 5.32 Å². The molecule has 1 amide bonds. The van der Waals surface area contributed by atoms with Crippen molar-refractivity contribution in [3.63, 3.8) is 0 Å². The maximum absolute atomic E-state index is 12.1. The molecule has 0 saturated heterocycles. The number of amides is 1. The summed E-state index contributed by atoms with van der Waals surface area (Å²) in [5, 5.41) is 2.69. The normalized spacial score (nSPS) is 12.5. The van der Waals surface area contributed by atoms with Crippen LogP contribution in [0.1, 0.15) is 17.3 Å². The Morgan fingerprint density at radius 2 is 2.00 bits per heavy atom. The zero-order chi connectivity index (χ0) is 12.8. The number of alkyl halides is 2. The number of rotatable bonds is 5. The molecule has 17 heavy (non-hydrogen) atoms. The van der Waals surface area contributed by atoms with Crippen LogP contribution in [-0.2, 0) is 0 Å². The molecular formula is C11H14F2N2OS. The highest BCUT2D eigenvalue weighted by molar-refractivity contribution is 7.99. The van der Waals surface area contributed by atoms with Gasteiger partial charge in [-0.05, 0) is 31.2 Å². The molecule has 1 rings (SSSR count). The van der Waals surface area contributed by atoms with Crippen molar-refractivity contribution in [2.45, 2.75) is 23.6 Å². The van der Waals surface area contributed by atoms with Crippen molar-refractivity contribution < 1.29 is 13.6 Å². The zero-order valence-corrected chi connectivity index (χ0v) is 10.1. The molecule has 0 bridgehead atoms. The number of hydrogen-bond donors (Lipinski definition) is 2. The summed E-state index contributed by atoms with van der Waals surface area (Å²) in [7, 11) is 0. The third-order valence-electron chi connectivity index (χ3n) is 2.07. The number of halogens is 2. The van der Waals surface area contributed by atoms with Crippen LogP contribution in [0.4, 0.5) is 8.78 Å². The van der Waals surface area contributed by atoms with Gasteiger partial charge in [0, 0.05) is 23.0 Å². The van der Waals surface area contributed by atoms with Gasteiger partial charge in [-0.15, -0.1) is 0 Å². The van der Waals surface area contributed by atoms with E-state index < -0.39 is 5.76 Å². The predicted molar refractivity (Wildman–Crippen MR) is 64.3 cm³/mol. The summed E-state index contributed by atoms with van der Waals surface area (Å²) in [4.78, 5) is 12.1. The fraction of sp³-hybridized carbons (Fsp3) is 0.364. The fourth-order valence-corrected chi connectivity index (χ4v) is 1.65. The van der Waals surface area contributed by atoms with Gasteiger partial charge in [0.25, 0.3) is 11.7 Å². The van der Waals surface area contributed by atoms with Gasteiger partial charge in [0.05, 0.1) is 0 Å². The van der Waals surface area contributed by atoms with Crippen LogP contribution in [-0.4, -0.2) is 24.3 Å². The standard InChI is InChI=1S/C11H14F2N2OS/c1-7(6-14)15-10(16)8-2-4-9(5-3-8)17-11(12)13/h2-5,7,11H,6,14H2,1H3,(H,15,16)/t7-/m0/s1. The van der Waals surface area contributed by atoms with E-state index in [-0.39, 0.29) is 11.9 Å². The zero-order valence-electron chi connectivity index (χ0n) is 9.32. The van der Waals surface area contributed by atoms with E-state index in [0.29, 0.717) is 28.8 Å². The van der Waals surface area contributed by atoms with Gasteiger partial charge in [-0.25, -0.2) is 0 Å². The van der Waals surface area contributed by atoms with E-state index in [4.69, 9.17) is 5.73 Å². The van der Waals surface area contributed by atoms with Gasteiger partial charge in [0.15, 0.2) is 0 Å². The second kappa shape index (κ2) is 6.56. The molecule has 3 N–H and O–H groups in total. The maximum atomic E-state index is 12.1. The lowest BCUT2D eigenvalue weighted by Crippen LogP contribution is -2.37. The molecule has 0 aliphatic rings. The number of thioether (sulfide) groups is 1. The number of nitrogens with one attached hydrogen (secondary N) is 1. The molecular weight excluding hydrogens is 246 g/mol. The molecule has 0 fully saturated rings. The van der Waals surface area contributed by atoms with Crippen molar-refractivity contribution in [2.75, 3.05) is 6.54 Å². The summed E-state index contributed by atoms with van der Waals surface area (Å²) in [5.41, 5.74) is 5.81. The number of nitrogens with two attached hydrogens (primary N) is 1. The summed E-state index contributed by atoms with van der Waals surface area (Å²) in [6.07, 6.45) is 0. The molecule has 0 saturated carbocycles. The first-order chi connectivity index (χ1) is 8.02. The second-order valence-corrected chi connectivity index (χ2v) is 4.58. The van der Waals surface area contributed by atoms with Gasteiger partial charge in [-0.3, -0.25) is 4.79 Å². The number of carbonyl (C=O) groups excluding carboxylic acids is 1. The van der Waals surface area contributed by atoms with Gasteiger partial charge < -0.3 is 11.1 Å². The van der Waals surface area contributed by atoms with Crippen LogP contribution in [0.3, 0.4) is 0 Å².